The van der Waals surface area contributed by atoms with Gasteiger partial charge in [-0.15, -0.1) is 0 Å². The summed E-state index contributed by atoms with van der Waals surface area (Å²) in [7, 11) is 0. The van der Waals surface area contributed by atoms with E-state index in [1.807, 2.05) is 0 Å². The minimum atomic E-state index is -0.750. The highest BCUT2D eigenvalue weighted by Crippen LogP contribution is 2.35. The topological polar surface area (TPSA) is 126 Å². The van der Waals surface area contributed by atoms with Crippen molar-refractivity contribution in [3.05, 3.63) is 0 Å². The summed E-state index contributed by atoms with van der Waals surface area (Å²) in [6, 6.07) is -2.12. The van der Waals surface area contributed by atoms with Gasteiger partial charge in [0, 0.05) is 13.0 Å². The number of nitrogens with one attached hydrogen (secondary N) is 4. The Hall–Kier alpha value is -2.16. The van der Waals surface area contributed by atoms with E-state index >= 15 is 0 Å². The molecule has 4 aliphatic rings. The molecule has 1 saturated heterocycles. The van der Waals surface area contributed by atoms with Crippen LogP contribution in [0.2, 0.25) is 0 Å². The summed E-state index contributed by atoms with van der Waals surface area (Å²) in [5.74, 6) is 0.491. The molecule has 9 nitrogen and oxygen atoms in total. The molecule has 4 N–H and O–H groups in total. The zero-order chi connectivity index (χ0) is 31.5. The van der Waals surface area contributed by atoms with Crippen molar-refractivity contribution in [1.29, 1.82) is 0 Å². The number of carbonyl (C=O) groups excluding carboxylic acids is 4. The summed E-state index contributed by atoms with van der Waals surface area (Å²) in [4.78, 5) is 53.9. The lowest BCUT2D eigenvalue weighted by molar-refractivity contribution is -0.135. The molecule has 0 aromatic rings. The molecular formula is C35H60N4O5. The van der Waals surface area contributed by atoms with Gasteiger partial charge in [-0.3, -0.25) is 19.2 Å². The third-order valence-corrected chi connectivity index (χ3v) is 10.5. The average Bonchev–Trinajstić information content (AvgIpc) is 3.01. The third-order valence-electron chi connectivity index (χ3n) is 10.5. The van der Waals surface area contributed by atoms with E-state index in [9.17, 15) is 19.2 Å². The fourth-order valence-corrected chi connectivity index (χ4v) is 7.98. The van der Waals surface area contributed by atoms with Crippen molar-refractivity contribution in [3.8, 4) is 0 Å². The maximum Gasteiger partial charge on any atom is 0.243 e. The van der Waals surface area contributed by atoms with Gasteiger partial charge in [0.25, 0.3) is 0 Å². The SMILES string of the molecule is CCC(=O)N[C@H]1CC2CCCC(C2)OC2CCCC(C2)C[C@@H](C(=O)NCC(C)C)NC(=O)[C@H](CCC2CCCCC2)NC1=O. The number of fused-ring (bicyclic) bond motifs is 4. The minimum Gasteiger partial charge on any atom is -0.375 e. The molecule has 3 saturated carbocycles. The van der Waals surface area contributed by atoms with E-state index in [4.69, 9.17) is 4.74 Å². The molecule has 4 unspecified atom stereocenters. The number of carbonyl (C=O) groups is 4. The fraction of sp³-hybridized carbons (Fsp3) is 0.886. The summed E-state index contributed by atoms with van der Waals surface area (Å²) in [6.07, 6.45) is 17.1. The van der Waals surface area contributed by atoms with Crippen LogP contribution in [0.1, 0.15) is 136 Å². The fourth-order valence-electron chi connectivity index (χ4n) is 7.98. The van der Waals surface area contributed by atoms with Gasteiger partial charge in [0.15, 0.2) is 0 Å². The Morgan fingerprint density at radius 3 is 2.09 bits per heavy atom. The second-order valence-electron chi connectivity index (χ2n) is 14.7. The van der Waals surface area contributed by atoms with Crippen LogP contribution in [0.5, 0.6) is 0 Å². The summed E-state index contributed by atoms with van der Waals surface area (Å²) < 4.78 is 6.68. The van der Waals surface area contributed by atoms with Crippen LogP contribution >= 0.6 is 0 Å². The van der Waals surface area contributed by atoms with Gasteiger partial charge in [0.1, 0.15) is 18.1 Å². The highest BCUT2D eigenvalue weighted by molar-refractivity contribution is 5.94. The lowest BCUT2D eigenvalue weighted by atomic mass is 9.81. The quantitative estimate of drug-likeness (QED) is 0.308. The first-order valence-corrected chi connectivity index (χ1v) is 18.0. The predicted molar refractivity (Wildman–Crippen MR) is 172 cm³/mol. The molecule has 1 aliphatic heterocycles. The third kappa shape index (κ3) is 11.0. The average molecular weight is 617 g/mol. The first-order chi connectivity index (χ1) is 21.2. The van der Waals surface area contributed by atoms with Crippen LogP contribution in [0.25, 0.3) is 0 Å². The Kier molecular flexibility index (Phi) is 13.8. The first kappa shape index (κ1) is 34.7. The second-order valence-corrected chi connectivity index (χ2v) is 14.7. The molecule has 4 amide bonds. The molecule has 9 heteroatoms. The van der Waals surface area contributed by atoms with Gasteiger partial charge in [-0.2, -0.15) is 0 Å². The normalized spacial score (nSPS) is 32.8. The Morgan fingerprint density at radius 1 is 0.795 bits per heavy atom. The maximum absolute atomic E-state index is 14.0. The van der Waals surface area contributed by atoms with E-state index in [2.05, 4.69) is 35.1 Å². The van der Waals surface area contributed by atoms with Crippen molar-refractivity contribution in [2.75, 3.05) is 6.54 Å². The smallest absolute Gasteiger partial charge is 0.243 e. The minimum absolute atomic E-state index is 0.155. The van der Waals surface area contributed by atoms with Crippen LogP contribution in [-0.4, -0.2) is 60.5 Å². The van der Waals surface area contributed by atoms with Crippen molar-refractivity contribution in [3.63, 3.8) is 0 Å². The van der Waals surface area contributed by atoms with Crippen molar-refractivity contribution in [2.24, 2.45) is 23.7 Å². The van der Waals surface area contributed by atoms with Crippen molar-refractivity contribution in [1.82, 2.24) is 21.3 Å². The van der Waals surface area contributed by atoms with Crippen LogP contribution in [0, 0.1) is 23.7 Å². The number of amides is 4. The van der Waals surface area contributed by atoms with E-state index in [0.717, 1.165) is 70.6 Å². The van der Waals surface area contributed by atoms with Crippen LogP contribution in [0.4, 0.5) is 0 Å². The Labute approximate surface area is 265 Å². The van der Waals surface area contributed by atoms with E-state index in [1.165, 1.54) is 19.3 Å². The van der Waals surface area contributed by atoms with Gasteiger partial charge in [-0.25, -0.2) is 0 Å². The van der Waals surface area contributed by atoms with Crippen LogP contribution in [0.15, 0.2) is 0 Å². The molecule has 3 aliphatic carbocycles. The van der Waals surface area contributed by atoms with Gasteiger partial charge in [0.2, 0.25) is 23.6 Å². The van der Waals surface area contributed by atoms with Crippen molar-refractivity contribution in [2.45, 2.75) is 167 Å². The number of ether oxygens (including phenoxy) is 1. The standard InChI is InChI=1S/C35H60N4O5/c1-4-32(40)37-31-21-26-13-9-15-28(19-26)44-27-14-8-12-25(18-27)20-30(33(41)36-22-23(2)3)39-34(42)29(38-35(31)43)17-16-24-10-6-5-7-11-24/h23-31H,4-22H2,1-3H3,(H,36,41)(H,37,40)(H,38,43)(H,39,42)/t25?,26?,27?,28?,29-,30-,31-/m0/s1. The van der Waals surface area contributed by atoms with Crippen molar-refractivity contribution < 1.29 is 23.9 Å². The Balaban J connectivity index is 1.59. The summed E-state index contributed by atoms with van der Waals surface area (Å²) in [6.45, 7) is 6.45. The zero-order valence-corrected chi connectivity index (χ0v) is 27.7. The lowest BCUT2D eigenvalue weighted by Crippen LogP contribution is -2.57. The molecule has 0 spiro atoms. The molecule has 7 atom stereocenters. The molecule has 4 rings (SSSR count). The van der Waals surface area contributed by atoms with Crippen LogP contribution < -0.4 is 21.3 Å². The Bertz CT molecular complexity index is 951. The zero-order valence-electron chi connectivity index (χ0n) is 27.7. The molecule has 0 radical (unpaired) electrons. The molecule has 4 fully saturated rings. The van der Waals surface area contributed by atoms with E-state index < -0.39 is 18.1 Å². The van der Waals surface area contributed by atoms with E-state index in [0.29, 0.717) is 50.0 Å². The van der Waals surface area contributed by atoms with Gasteiger partial charge >= 0.3 is 0 Å². The monoisotopic (exact) mass is 616 g/mol. The first-order valence-electron chi connectivity index (χ1n) is 18.0. The number of hydrogen-bond acceptors (Lipinski definition) is 5. The number of hydrogen-bond donors (Lipinski definition) is 4. The summed E-state index contributed by atoms with van der Waals surface area (Å²) >= 11 is 0. The number of rotatable bonds is 8. The largest absolute Gasteiger partial charge is 0.375 e. The van der Waals surface area contributed by atoms with Crippen molar-refractivity contribution >= 4 is 23.6 Å². The van der Waals surface area contributed by atoms with E-state index in [1.54, 1.807) is 6.92 Å². The lowest BCUT2D eigenvalue weighted by Gasteiger charge is -2.37. The van der Waals surface area contributed by atoms with Gasteiger partial charge in [-0.05, 0) is 75.0 Å². The van der Waals surface area contributed by atoms with Gasteiger partial charge < -0.3 is 26.0 Å². The van der Waals surface area contributed by atoms with E-state index in [-0.39, 0.29) is 41.8 Å². The van der Waals surface area contributed by atoms with Crippen LogP contribution in [0.3, 0.4) is 0 Å². The summed E-state index contributed by atoms with van der Waals surface area (Å²) in [5, 5.41) is 12.2. The molecular weight excluding hydrogens is 556 g/mol. The molecule has 250 valence electrons. The molecule has 4 bridgehead atoms. The highest BCUT2D eigenvalue weighted by atomic mass is 16.5. The predicted octanol–water partition coefficient (Wildman–Crippen LogP) is 4.91. The molecule has 0 aromatic heterocycles. The van der Waals surface area contributed by atoms with Gasteiger partial charge in [-0.1, -0.05) is 78.6 Å². The second kappa shape index (κ2) is 17.5. The highest BCUT2D eigenvalue weighted by Gasteiger charge is 2.36. The molecule has 1 heterocycles. The molecule has 0 aromatic carbocycles. The van der Waals surface area contributed by atoms with Gasteiger partial charge in [0.05, 0.1) is 12.2 Å². The summed E-state index contributed by atoms with van der Waals surface area (Å²) in [5.41, 5.74) is 0. The Morgan fingerprint density at radius 2 is 1.45 bits per heavy atom. The molecule has 44 heavy (non-hydrogen) atoms. The maximum atomic E-state index is 14.0. The van der Waals surface area contributed by atoms with Crippen LogP contribution in [-0.2, 0) is 23.9 Å².